The number of hydrogen-bond acceptors (Lipinski definition) is 2. The summed E-state index contributed by atoms with van der Waals surface area (Å²) in [5.41, 5.74) is 0.585. The molecule has 7 heteroatoms. The highest BCUT2D eigenvalue weighted by Crippen LogP contribution is 2.32. The molecular formula is C14H9F3INOS. The van der Waals surface area contributed by atoms with Crippen LogP contribution in [-0.2, 0) is 0 Å². The van der Waals surface area contributed by atoms with Crippen molar-refractivity contribution in [1.29, 1.82) is 0 Å². The largest absolute Gasteiger partial charge is 0.321 e. The Morgan fingerprint density at radius 3 is 2.57 bits per heavy atom. The van der Waals surface area contributed by atoms with Crippen molar-refractivity contribution in [3.8, 4) is 0 Å². The normalized spacial score (nSPS) is 10.7. The minimum absolute atomic E-state index is 0.276. The first kappa shape index (κ1) is 16.2. The van der Waals surface area contributed by atoms with Gasteiger partial charge in [-0.15, -0.1) is 0 Å². The summed E-state index contributed by atoms with van der Waals surface area (Å²) < 4.78 is 38.4. The van der Waals surface area contributed by atoms with E-state index in [1.165, 1.54) is 24.3 Å². The molecule has 1 amide bonds. The Labute approximate surface area is 137 Å². The number of benzene rings is 2. The summed E-state index contributed by atoms with van der Waals surface area (Å²) in [6, 6.07) is 10.1. The Hall–Kier alpha value is -1.22. The highest BCUT2D eigenvalue weighted by atomic mass is 127. The number of halogens is 4. The highest BCUT2D eigenvalue weighted by Gasteiger charge is 2.14. The second kappa shape index (κ2) is 7.17. The van der Waals surface area contributed by atoms with Gasteiger partial charge < -0.3 is 5.32 Å². The van der Waals surface area contributed by atoms with Crippen LogP contribution in [-0.4, -0.2) is 11.7 Å². The second-order valence-electron chi connectivity index (χ2n) is 3.95. The van der Waals surface area contributed by atoms with Crippen LogP contribution in [0, 0.1) is 9.39 Å². The molecule has 0 bridgehead atoms. The van der Waals surface area contributed by atoms with Crippen molar-refractivity contribution in [2.24, 2.45) is 0 Å². The van der Waals surface area contributed by atoms with E-state index in [-0.39, 0.29) is 10.5 Å². The van der Waals surface area contributed by atoms with Gasteiger partial charge in [-0.1, -0.05) is 23.9 Å². The number of hydrogen-bond donors (Lipinski definition) is 1. The molecular weight excluding hydrogens is 414 g/mol. The number of anilines is 1. The third kappa shape index (κ3) is 4.37. The van der Waals surface area contributed by atoms with Gasteiger partial charge in [-0.3, -0.25) is 4.79 Å². The molecule has 0 radical (unpaired) electrons. The third-order valence-corrected chi connectivity index (χ3v) is 4.21. The molecule has 0 fully saturated rings. The minimum Gasteiger partial charge on any atom is -0.321 e. The number of carbonyl (C=O) groups excluding carboxylic acids is 1. The molecule has 0 heterocycles. The van der Waals surface area contributed by atoms with Crippen molar-refractivity contribution in [2.75, 3.05) is 5.32 Å². The van der Waals surface area contributed by atoms with Gasteiger partial charge in [-0.2, -0.15) is 8.78 Å². The average molecular weight is 423 g/mol. The molecule has 0 unspecified atom stereocenters. The summed E-state index contributed by atoms with van der Waals surface area (Å²) in [5, 5.41) is 2.57. The number of para-hydroxylation sites is 1. The second-order valence-corrected chi connectivity index (χ2v) is 6.15. The fourth-order valence-corrected chi connectivity index (χ4v) is 2.95. The molecule has 1 N–H and O–H groups in total. The topological polar surface area (TPSA) is 29.1 Å². The Morgan fingerprint density at radius 2 is 1.90 bits per heavy atom. The first-order valence-corrected chi connectivity index (χ1v) is 7.73. The fourth-order valence-electron chi connectivity index (χ4n) is 1.63. The predicted octanol–water partition coefficient (Wildman–Crippen LogP) is 5.00. The van der Waals surface area contributed by atoms with Gasteiger partial charge in [0.15, 0.2) is 0 Å². The number of rotatable bonds is 4. The van der Waals surface area contributed by atoms with Crippen LogP contribution in [0.1, 0.15) is 10.4 Å². The first-order chi connectivity index (χ1) is 9.97. The number of alkyl halides is 2. The van der Waals surface area contributed by atoms with E-state index in [1.54, 1.807) is 18.2 Å². The van der Waals surface area contributed by atoms with Crippen LogP contribution in [0.15, 0.2) is 47.4 Å². The zero-order chi connectivity index (χ0) is 15.4. The highest BCUT2D eigenvalue weighted by molar-refractivity contribution is 14.1. The van der Waals surface area contributed by atoms with Crippen molar-refractivity contribution < 1.29 is 18.0 Å². The van der Waals surface area contributed by atoms with Crippen molar-refractivity contribution in [1.82, 2.24) is 0 Å². The van der Waals surface area contributed by atoms with Crippen LogP contribution in [0.4, 0.5) is 18.9 Å². The molecule has 0 aliphatic rings. The molecule has 0 aromatic heterocycles. The van der Waals surface area contributed by atoms with Gasteiger partial charge in [0, 0.05) is 8.47 Å². The van der Waals surface area contributed by atoms with Gasteiger partial charge >= 0.3 is 0 Å². The summed E-state index contributed by atoms with van der Waals surface area (Å²) in [6.45, 7) is 0. The smallest absolute Gasteiger partial charge is 0.288 e. The van der Waals surface area contributed by atoms with Crippen LogP contribution in [0.25, 0.3) is 0 Å². The third-order valence-electron chi connectivity index (χ3n) is 2.53. The van der Waals surface area contributed by atoms with E-state index in [0.29, 0.717) is 21.0 Å². The van der Waals surface area contributed by atoms with Gasteiger partial charge in [-0.05, 0) is 52.9 Å². The molecule has 0 aliphatic carbocycles. The van der Waals surface area contributed by atoms with Gasteiger partial charge in [0.1, 0.15) is 5.82 Å². The zero-order valence-corrected chi connectivity index (χ0v) is 13.4. The molecule has 110 valence electrons. The molecule has 2 rings (SSSR count). The summed E-state index contributed by atoms with van der Waals surface area (Å²) in [4.78, 5) is 12.4. The Bertz CT molecular complexity index is 666. The van der Waals surface area contributed by atoms with E-state index in [2.05, 4.69) is 5.32 Å². The lowest BCUT2D eigenvalue weighted by molar-refractivity contribution is 0.102. The lowest BCUT2D eigenvalue weighted by atomic mass is 10.2. The number of nitrogens with one attached hydrogen (secondary N) is 1. The van der Waals surface area contributed by atoms with Crippen LogP contribution < -0.4 is 5.32 Å². The van der Waals surface area contributed by atoms with E-state index in [1.807, 2.05) is 22.6 Å². The lowest BCUT2D eigenvalue weighted by Crippen LogP contribution is -2.14. The van der Waals surface area contributed by atoms with Crippen LogP contribution in [0.2, 0.25) is 0 Å². The summed E-state index contributed by atoms with van der Waals surface area (Å²) in [7, 11) is 0. The number of amides is 1. The van der Waals surface area contributed by atoms with Crippen LogP contribution in [0.5, 0.6) is 0 Å². The van der Waals surface area contributed by atoms with Crippen molar-refractivity contribution in [3.63, 3.8) is 0 Å². The van der Waals surface area contributed by atoms with Crippen molar-refractivity contribution in [3.05, 3.63) is 57.4 Å². The van der Waals surface area contributed by atoms with Crippen LogP contribution >= 0.6 is 34.4 Å². The minimum atomic E-state index is -2.57. The molecule has 0 aliphatic heterocycles. The molecule has 0 saturated heterocycles. The lowest BCUT2D eigenvalue weighted by Gasteiger charge is -2.11. The quantitative estimate of drug-likeness (QED) is 0.554. The summed E-state index contributed by atoms with van der Waals surface area (Å²) in [5.74, 6) is -3.49. The van der Waals surface area contributed by atoms with Crippen LogP contribution in [0.3, 0.4) is 0 Å². The average Bonchev–Trinajstić information content (AvgIpc) is 2.40. The molecule has 0 atom stereocenters. The summed E-state index contributed by atoms with van der Waals surface area (Å²) in [6.07, 6.45) is 0. The maximum atomic E-state index is 13.0. The zero-order valence-electron chi connectivity index (χ0n) is 10.4. The van der Waals surface area contributed by atoms with Crippen molar-refractivity contribution >= 4 is 45.9 Å². The maximum absolute atomic E-state index is 13.0. The fraction of sp³-hybridized carbons (Fsp3) is 0.0714. The van der Waals surface area contributed by atoms with Crippen molar-refractivity contribution in [2.45, 2.75) is 10.7 Å². The monoisotopic (exact) mass is 423 g/mol. The molecule has 0 spiro atoms. The molecule has 2 aromatic rings. The SMILES string of the molecule is O=C(Nc1ccccc1SC(F)F)c1ccc(F)cc1I. The number of carbonyl (C=O) groups is 1. The molecule has 0 saturated carbocycles. The molecule has 21 heavy (non-hydrogen) atoms. The first-order valence-electron chi connectivity index (χ1n) is 5.77. The van der Waals surface area contributed by atoms with Gasteiger partial charge in [-0.25, -0.2) is 4.39 Å². The van der Waals surface area contributed by atoms with Gasteiger partial charge in [0.05, 0.1) is 11.3 Å². The van der Waals surface area contributed by atoms with E-state index >= 15 is 0 Å². The van der Waals surface area contributed by atoms with Gasteiger partial charge in [0.2, 0.25) is 0 Å². The van der Waals surface area contributed by atoms with E-state index in [4.69, 9.17) is 0 Å². The molecule has 2 aromatic carbocycles. The van der Waals surface area contributed by atoms with Gasteiger partial charge in [0.25, 0.3) is 11.7 Å². The van der Waals surface area contributed by atoms with E-state index < -0.39 is 17.5 Å². The predicted molar refractivity (Wildman–Crippen MR) is 85.4 cm³/mol. The number of thioether (sulfide) groups is 1. The van der Waals surface area contributed by atoms with E-state index in [0.717, 1.165) is 0 Å². The Kier molecular flexibility index (Phi) is 5.51. The standard InChI is InChI=1S/C14H9F3INOS/c15-8-5-6-9(10(18)7-8)13(20)19-11-3-1-2-4-12(11)21-14(16)17/h1-7,14H,(H,19,20). The molecule has 2 nitrogen and oxygen atoms in total. The Balaban J connectivity index is 2.23. The Morgan fingerprint density at radius 1 is 1.19 bits per heavy atom. The summed E-state index contributed by atoms with van der Waals surface area (Å²) >= 11 is 2.21. The van der Waals surface area contributed by atoms with E-state index in [9.17, 15) is 18.0 Å². The maximum Gasteiger partial charge on any atom is 0.288 e.